The van der Waals surface area contributed by atoms with E-state index >= 15 is 0 Å². The summed E-state index contributed by atoms with van der Waals surface area (Å²) in [5.41, 5.74) is 4.48. The van der Waals surface area contributed by atoms with E-state index in [4.69, 9.17) is 0 Å². The minimum atomic E-state index is 0.697. The van der Waals surface area contributed by atoms with E-state index in [1.165, 1.54) is 11.1 Å². The number of nitrogens with zero attached hydrogens (tertiary/aromatic N) is 3. The molecule has 0 saturated heterocycles. The molecule has 0 aliphatic rings. The number of H-pyrrole nitrogens is 1. The van der Waals surface area contributed by atoms with Gasteiger partial charge in [-0.25, -0.2) is 4.98 Å². The molecule has 2 aromatic heterocycles. The molecule has 0 unspecified atom stereocenters. The Morgan fingerprint density at radius 1 is 1.32 bits per heavy atom. The molecule has 0 radical (unpaired) electrons. The van der Waals surface area contributed by atoms with Crippen molar-refractivity contribution in [3.8, 4) is 0 Å². The van der Waals surface area contributed by atoms with Crippen molar-refractivity contribution in [3.63, 3.8) is 0 Å². The summed E-state index contributed by atoms with van der Waals surface area (Å²) < 4.78 is 2.19. The van der Waals surface area contributed by atoms with Gasteiger partial charge in [-0.1, -0.05) is 6.07 Å². The van der Waals surface area contributed by atoms with Crippen LogP contribution < -0.4 is 5.32 Å². The third kappa shape index (κ3) is 2.19. The Balaban J connectivity index is 1.93. The molecule has 98 valence electrons. The van der Waals surface area contributed by atoms with Crippen LogP contribution in [0.25, 0.3) is 11.0 Å². The first kappa shape index (κ1) is 11.8. The third-order valence-electron chi connectivity index (χ3n) is 3.22. The molecule has 0 aliphatic heterocycles. The van der Waals surface area contributed by atoms with Crippen molar-refractivity contribution in [2.45, 2.75) is 26.9 Å². The topological polar surface area (TPSA) is 58.5 Å². The van der Waals surface area contributed by atoms with Crippen LogP contribution in [0.2, 0.25) is 0 Å². The molecule has 3 rings (SSSR count). The number of anilines is 1. The van der Waals surface area contributed by atoms with Crippen molar-refractivity contribution in [3.05, 3.63) is 41.7 Å². The molecule has 0 amide bonds. The first-order chi connectivity index (χ1) is 9.28. The van der Waals surface area contributed by atoms with Crippen LogP contribution in [0.1, 0.15) is 18.2 Å². The Kier molecular flexibility index (Phi) is 2.95. The zero-order chi connectivity index (χ0) is 13.2. The van der Waals surface area contributed by atoms with Crippen LogP contribution in [0, 0.1) is 6.92 Å². The number of rotatable bonds is 4. The molecule has 3 aromatic rings. The van der Waals surface area contributed by atoms with Gasteiger partial charge >= 0.3 is 0 Å². The lowest BCUT2D eigenvalue weighted by Gasteiger charge is -2.07. The summed E-state index contributed by atoms with van der Waals surface area (Å²) in [7, 11) is 0. The average Bonchev–Trinajstić information content (AvgIpc) is 3.02. The highest BCUT2D eigenvalue weighted by Crippen LogP contribution is 2.21. The fourth-order valence-corrected chi connectivity index (χ4v) is 2.25. The van der Waals surface area contributed by atoms with E-state index in [-0.39, 0.29) is 0 Å². The number of aromatic amines is 1. The van der Waals surface area contributed by atoms with E-state index in [1.54, 1.807) is 6.20 Å². The van der Waals surface area contributed by atoms with Crippen LogP contribution in [0.5, 0.6) is 0 Å². The van der Waals surface area contributed by atoms with Crippen LogP contribution in [0.3, 0.4) is 0 Å². The minimum Gasteiger partial charge on any atom is -0.350 e. The summed E-state index contributed by atoms with van der Waals surface area (Å²) in [4.78, 5) is 4.66. The lowest BCUT2D eigenvalue weighted by atomic mass is 10.2. The Bertz CT molecular complexity index is 681. The van der Waals surface area contributed by atoms with Gasteiger partial charge in [-0.05, 0) is 37.6 Å². The molecule has 5 nitrogen and oxygen atoms in total. The third-order valence-corrected chi connectivity index (χ3v) is 3.22. The van der Waals surface area contributed by atoms with Gasteiger partial charge in [0.15, 0.2) is 0 Å². The molecular weight excluding hydrogens is 238 g/mol. The van der Waals surface area contributed by atoms with E-state index in [9.17, 15) is 0 Å². The fourth-order valence-electron chi connectivity index (χ4n) is 2.25. The van der Waals surface area contributed by atoms with E-state index in [1.807, 2.05) is 6.07 Å². The molecular formula is C14H17N5. The zero-order valence-corrected chi connectivity index (χ0v) is 11.1. The largest absolute Gasteiger partial charge is 0.350 e. The van der Waals surface area contributed by atoms with Gasteiger partial charge in [0, 0.05) is 12.7 Å². The normalized spacial score (nSPS) is 11.1. The number of hydrogen-bond donors (Lipinski definition) is 2. The van der Waals surface area contributed by atoms with Gasteiger partial charge in [-0.2, -0.15) is 5.10 Å². The fraction of sp³-hybridized carbons (Fsp3) is 0.286. The molecule has 0 saturated carbocycles. The number of benzene rings is 1. The SMILES string of the molecule is CCn1c(NCc2ccn[nH]2)nc2cc(C)ccc21. The molecule has 5 heteroatoms. The number of fused-ring (bicyclic) bond motifs is 1. The number of imidazole rings is 1. The van der Waals surface area contributed by atoms with E-state index in [0.717, 1.165) is 23.7 Å². The van der Waals surface area contributed by atoms with Gasteiger partial charge < -0.3 is 9.88 Å². The van der Waals surface area contributed by atoms with Gasteiger partial charge in [-0.3, -0.25) is 5.10 Å². The monoisotopic (exact) mass is 255 g/mol. The number of aryl methyl sites for hydroxylation is 2. The zero-order valence-electron chi connectivity index (χ0n) is 11.1. The van der Waals surface area contributed by atoms with Crippen molar-refractivity contribution in [1.29, 1.82) is 0 Å². The van der Waals surface area contributed by atoms with Gasteiger partial charge in [0.05, 0.1) is 23.3 Å². The van der Waals surface area contributed by atoms with Crippen molar-refractivity contribution >= 4 is 17.0 Å². The van der Waals surface area contributed by atoms with Gasteiger partial charge in [-0.15, -0.1) is 0 Å². The van der Waals surface area contributed by atoms with E-state index in [0.29, 0.717) is 6.54 Å². The molecule has 2 N–H and O–H groups in total. The molecule has 0 aliphatic carbocycles. The average molecular weight is 255 g/mol. The van der Waals surface area contributed by atoms with Gasteiger partial charge in [0.25, 0.3) is 0 Å². The Labute approximate surface area is 111 Å². The van der Waals surface area contributed by atoms with Crippen molar-refractivity contribution < 1.29 is 0 Å². The minimum absolute atomic E-state index is 0.697. The first-order valence-electron chi connectivity index (χ1n) is 6.47. The Morgan fingerprint density at radius 3 is 2.95 bits per heavy atom. The second-order valence-electron chi connectivity index (χ2n) is 4.61. The summed E-state index contributed by atoms with van der Waals surface area (Å²) in [6.45, 7) is 5.80. The highest BCUT2D eigenvalue weighted by molar-refractivity contribution is 5.79. The smallest absolute Gasteiger partial charge is 0.204 e. The second kappa shape index (κ2) is 4.76. The standard InChI is InChI=1S/C14H17N5/c1-3-19-13-5-4-10(2)8-12(13)17-14(19)15-9-11-6-7-16-18-11/h4-8H,3,9H2,1-2H3,(H,15,17)(H,16,18). The summed E-state index contributed by atoms with van der Waals surface area (Å²) in [6, 6.07) is 8.32. The summed E-state index contributed by atoms with van der Waals surface area (Å²) in [5.74, 6) is 0.901. The molecule has 0 bridgehead atoms. The predicted octanol–water partition coefficient (Wildman–Crippen LogP) is 2.70. The lowest BCUT2D eigenvalue weighted by molar-refractivity contribution is 0.785. The molecule has 19 heavy (non-hydrogen) atoms. The number of aromatic nitrogens is 4. The molecule has 0 spiro atoms. The van der Waals surface area contributed by atoms with E-state index < -0.39 is 0 Å². The van der Waals surface area contributed by atoms with Crippen LogP contribution in [-0.4, -0.2) is 19.7 Å². The first-order valence-corrected chi connectivity index (χ1v) is 6.47. The lowest BCUT2D eigenvalue weighted by Crippen LogP contribution is -2.07. The molecule has 1 aromatic carbocycles. The van der Waals surface area contributed by atoms with Crippen LogP contribution in [0.4, 0.5) is 5.95 Å². The van der Waals surface area contributed by atoms with Crippen LogP contribution >= 0.6 is 0 Å². The highest BCUT2D eigenvalue weighted by atomic mass is 15.2. The van der Waals surface area contributed by atoms with Crippen molar-refractivity contribution in [2.75, 3.05) is 5.32 Å². The van der Waals surface area contributed by atoms with Crippen LogP contribution in [0.15, 0.2) is 30.5 Å². The highest BCUT2D eigenvalue weighted by Gasteiger charge is 2.09. The van der Waals surface area contributed by atoms with Crippen LogP contribution in [-0.2, 0) is 13.1 Å². The van der Waals surface area contributed by atoms with Gasteiger partial charge in [0.1, 0.15) is 0 Å². The molecule has 0 fully saturated rings. The van der Waals surface area contributed by atoms with Crippen molar-refractivity contribution in [2.24, 2.45) is 0 Å². The maximum absolute atomic E-state index is 4.66. The summed E-state index contributed by atoms with van der Waals surface area (Å²) in [6.07, 6.45) is 1.75. The van der Waals surface area contributed by atoms with Gasteiger partial charge in [0.2, 0.25) is 5.95 Å². The summed E-state index contributed by atoms with van der Waals surface area (Å²) in [5, 5.41) is 10.2. The maximum Gasteiger partial charge on any atom is 0.204 e. The molecule has 0 atom stereocenters. The van der Waals surface area contributed by atoms with Crippen molar-refractivity contribution in [1.82, 2.24) is 19.7 Å². The van der Waals surface area contributed by atoms with E-state index in [2.05, 4.69) is 57.1 Å². The maximum atomic E-state index is 4.66. The number of nitrogens with one attached hydrogen (secondary N) is 2. The Morgan fingerprint density at radius 2 is 2.21 bits per heavy atom. The molecule has 2 heterocycles. The predicted molar refractivity (Wildman–Crippen MR) is 76.1 cm³/mol. The quantitative estimate of drug-likeness (QED) is 0.753. The number of hydrogen-bond acceptors (Lipinski definition) is 3. The second-order valence-corrected chi connectivity index (χ2v) is 4.61. The summed E-state index contributed by atoms with van der Waals surface area (Å²) >= 11 is 0. The Hall–Kier alpha value is -2.30.